The summed E-state index contributed by atoms with van der Waals surface area (Å²) >= 11 is 1.49. The van der Waals surface area contributed by atoms with Crippen molar-refractivity contribution in [2.24, 2.45) is 5.92 Å². The van der Waals surface area contributed by atoms with Crippen molar-refractivity contribution in [1.82, 2.24) is 9.88 Å². The third kappa shape index (κ3) is 3.16. The van der Waals surface area contributed by atoms with Gasteiger partial charge in [-0.25, -0.2) is 4.98 Å². The van der Waals surface area contributed by atoms with Crippen LogP contribution in [0.4, 0.5) is 5.13 Å². The van der Waals surface area contributed by atoms with Gasteiger partial charge in [-0.3, -0.25) is 4.79 Å². The number of benzene rings is 1. The van der Waals surface area contributed by atoms with Crippen LogP contribution >= 0.6 is 11.3 Å². The van der Waals surface area contributed by atoms with Crippen LogP contribution in [-0.2, 0) is 4.79 Å². The van der Waals surface area contributed by atoms with E-state index in [0.717, 1.165) is 41.9 Å². The lowest BCUT2D eigenvalue weighted by molar-refractivity contribution is -0.121. The molecule has 1 amide bonds. The van der Waals surface area contributed by atoms with Gasteiger partial charge in [-0.05, 0) is 51.2 Å². The first-order chi connectivity index (χ1) is 10.2. The Morgan fingerprint density at radius 3 is 2.90 bits per heavy atom. The summed E-state index contributed by atoms with van der Waals surface area (Å²) < 4.78 is 6.23. The van der Waals surface area contributed by atoms with E-state index in [-0.39, 0.29) is 11.8 Å². The van der Waals surface area contributed by atoms with Gasteiger partial charge in [0.2, 0.25) is 5.91 Å². The highest BCUT2D eigenvalue weighted by atomic mass is 32.1. The van der Waals surface area contributed by atoms with Gasteiger partial charge >= 0.3 is 0 Å². The number of nitrogens with zero attached hydrogens (tertiary/aromatic N) is 2. The fraction of sp³-hybridized carbons (Fsp3) is 0.467. The Kier molecular flexibility index (Phi) is 4.07. The van der Waals surface area contributed by atoms with E-state index >= 15 is 0 Å². The number of methoxy groups -OCH3 is 1. The van der Waals surface area contributed by atoms with Gasteiger partial charge in [0.05, 0.1) is 17.3 Å². The Hall–Kier alpha value is -1.66. The summed E-state index contributed by atoms with van der Waals surface area (Å²) in [6, 6.07) is 5.73. The Morgan fingerprint density at radius 2 is 2.19 bits per heavy atom. The second-order valence-corrected chi connectivity index (χ2v) is 6.45. The molecular weight excluding hydrogens is 286 g/mol. The number of anilines is 1. The van der Waals surface area contributed by atoms with Crippen molar-refractivity contribution in [3.05, 3.63) is 18.2 Å². The zero-order chi connectivity index (χ0) is 14.8. The molecule has 1 fully saturated rings. The summed E-state index contributed by atoms with van der Waals surface area (Å²) in [5.41, 5.74) is 0.888. The van der Waals surface area contributed by atoms with Crippen molar-refractivity contribution >= 4 is 32.6 Å². The van der Waals surface area contributed by atoms with Crippen molar-refractivity contribution in [1.29, 1.82) is 0 Å². The van der Waals surface area contributed by atoms with E-state index in [1.165, 1.54) is 11.3 Å². The third-order valence-corrected chi connectivity index (χ3v) is 4.85. The maximum absolute atomic E-state index is 12.3. The molecule has 1 aromatic carbocycles. The minimum atomic E-state index is 0.0918. The van der Waals surface area contributed by atoms with Gasteiger partial charge in [0.1, 0.15) is 5.75 Å². The molecule has 1 saturated heterocycles. The fourth-order valence-electron chi connectivity index (χ4n) is 2.56. The number of hydrogen-bond donors (Lipinski definition) is 1. The predicted molar refractivity (Wildman–Crippen MR) is 85.0 cm³/mol. The molecule has 3 rings (SSSR count). The second kappa shape index (κ2) is 5.99. The molecule has 0 bridgehead atoms. The Bertz CT molecular complexity index is 647. The summed E-state index contributed by atoms with van der Waals surface area (Å²) in [6.07, 6.45) is 1.84. The zero-order valence-corrected chi connectivity index (χ0v) is 13.1. The third-order valence-electron chi connectivity index (χ3n) is 3.92. The van der Waals surface area contributed by atoms with Crippen LogP contribution in [0.25, 0.3) is 10.2 Å². The van der Waals surface area contributed by atoms with E-state index in [1.54, 1.807) is 7.11 Å². The summed E-state index contributed by atoms with van der Waals surface area (Å²) in [4.78, 5) is 19.0. The van der Waals surface area contributed by atoms with Crippen LogP contribution in [0.1, 0.15) is 12.8 Å². The van der Waals surface area contributed by atoms with Crippen molar-refractivity contribution in [3.63, 3.8) is 0 Å². The van der Waals surface area contributed by atoms with E-state index < -0.39 is 0 Å². The van der Waals surface area contributed by atoms with Gasteiger partial charge in [-0.2, -0.15) is 0 Å². The van der Waals surface area contributed by atoms with Crippen molar-refractivity contribution in [2.75, 3.05) is 32.6 Å². The number of carbonyl (C=O) groups excluding carboxylic acids is 1. The molecule has 0 unspecified atom stereocenters. The van der Waals surface area contributed by atoms with E-state index in [1.807, 2.05) is 18.2 Å². The molecule has 0 radical (unpaired) electrons. The number of aromatic nitrogens is 1. The first-order valence-corrected chi connectivity index (χ1v) is 7.91. The topological polar surface area (TPSA) is 54.5 Å². The molecule has 0 aliphatic carbocycles. The molecule has 1 aliphatic rings. The molecular formula is C15H19N3O2S. The number of amides is 1. The molecule has 1 aliphatic heterocycles. The molecule has 21 heavy (non-hydrogen) atoms. The number of likely N-dealkylation sites (tertiary alicyclic amines) is 1. The molecule has 2 aromatic rings. The smallest absolute Gasteiger partial charge is 0.229 e. The number of piperidine rings is 1. The van der Waals surface area contributed by atoms with Crippen LogP contribution in [0, 0.1) is 5.92 Å². The van der Waals surface area contributed by atoms with Crippen LogP contribution in [0.2, 0.25) is 0 Å². The highest BCUT2D eigenvalue weighted by Crippen LogP contribution is 2.29. The molecule has 0 saturated carbocycles. The maximum Gasteiger partial charge on any atom is 0.229 e. The molecule has 1 N–H and O–H groups in total. The molecule has 0 atom stereocenters. The standard InChI is InChI=1S/C15H19N3O2S/c1-18-7-5-10(6-8-18)14(19)17-15-16-12-4-3-11(20-2)9-13(12)21-15/h3-4,9-10H,5-8H2,1-2H3,(H,16,17,19). The highest BCUT2D eigenvalue weighted by molar-refractivity contribution is 7.22. The summed E-state index contributed by atoms with van der Waals surface area (Å²) in [5.74, 6) is 0.996. The molecule has 2 heterocycles. The Labute approximate surface area is 127 Å². The van der Waals surface area contributed by atoms with Crippen LogP contribution in [-0.4, -0.2) is 43.0 Å². The van der Waals surface area contributed by atoms with Crippen LogP contribution in [0.3, 0.4) is 0 Å². The lowest BCUT2D eigenvalue weighted by Crippen LogP contribution is -2.35. The van der Waals surface area contributed by atoms with Crippen LogP contribution < -0.4 is 10.1 Å². The first-order valence-electron chi connectivity index (χ1n) is 7.09. The SMILES string of the molecule is COc1ccc2nc(NC(=O)C3CCN(C)CC3)sc2c1. The zero-order valence-electron chi connectivity index (χ0n) is 12.3. The van der Waals surface area contributed by atoms with Gasteiger partial charge in [-0.15, -0.1) is 0 Å². The summed E-state index contributed by atoms with van der Waals surface area (Å²) in [5, 5.41) is 3.63. The number of hydrogen-bond acceptors (Lipinski definition) is 5. The minimum Gasteiger partial charge on any atom is -0.497 e. The largest absolute Gasteiger partial charge is 0.497 e. The van der Waals surface area contributed by atoms with Gasteiger partial charge < -0.3 is 15.0 Å². The number of nitrogens with one attached hydrogen (secondary N) is 1. The summed E-state index contributed by atoms with van der Waals surface area (Å²) in [7, 11) is 3.74. The van der Waals surface area contributed by atoms with E-state index in [4.69, 9.17) is 4.74 Å². The van der Waals surface area contributed by atoms with Gasteiger partial charge in [-0.1, -0.05) is 11.3 Å². The van der Waals surface area contributed by atoms with Crippen LogP contribution in [0.15, 0.2) is 18.2 Å². The average molecular weight is 305 g/mol. The minimum absolute atomic E-state index is 0.0918. The van der Waals surface area contributed by atoms with Gasteiger partial charge in [0, 0.05) is 5.92 Å². The summed E-state index contributed by atoms with van der Waals surface area (Å²) in [6.45, 7) is 1.96. The molecule has 112 valence electrons. The highest BCUT2D eigenvalue weighted by Gasteiger charge is 2.24. The quantitative estimate of drug-likeness (QED) is 0.947. The van der Waals surface area contributed by atoms with E-state index in [2.05, 4.69) is 22.2 Å². The number of thiazole rings is 1. The van der Waals surface area contributed by atoms with Gasteiger partial charge in [0.25, 0.3) is 0 Å². The van der Waals surface area contributed by atoms with Crippen LogP contribution in [0.5, 0.6) is 5.75 Å². The molecule has 6 heteroatoms. The Balaban J connectivity index is 1.71. The number of ether oxygens (including phenoxy) is 1. The Morgan fingerprint density at radius 1 is 1.43 bits per heavy atom. The molecule has 5 nitrogen and oxygen atoms in total. The number of rotatable bonds is 3. The van der Waals surface area contributed by atoms with Crippen molar-refractivity contribution in [3.8, 4) is 5.75 Å². The lowest BCUT2D eigenvalue weighted by atomic mass is 9.96. The predicted octanol–water partition coefficient (Wildman–Crippen LogP) is 2.59. The maximum atomic E-state index is 12.3. The second-order valence-electron chi connectivity index (χ2n) is 5.42. The molecule has 0 spiro atoms. The fourth-order valence-corrected chi connectivity index (χ4v) is 3.46. The molecule has 1 aromatic heterocycles. The number of fused-ring (bicyclic) bond motifs is 1. The number of carbonyl (C=O) groups is 1. The lowest BCUT2D eigenvalue weighted by Gasteiger charge is -2.27. The van der Waals surface area contributed by atoms with Crippen molar-refractivity contribution < 1.29 is 9.53 Å². The first kappa shape index (κ1) is 14.3. The van der Waals surface area contributed by atoms with Gasteiger partial charge in [0.15, 0.2) is 5.13 Å². The average Bonchev–Trinajstić information content (AvgIpc) is 2.88. The van der Waals surface area contributed by atoms with E-state index in [0.29, 0.717) is 5.13 Å². The van der Waals surface area contributed by atoms with E-state index in [9.17, 15) is 4.79 Å². The monoisotopic (exact) mass is 305 g/mol. The van der Waals surface area contributed by atoms with Crippen molar-refractivity contribution in [2.45, 2.75) is 12.8 Å². The normalized spacial score (nSPS) is 17.0.